The molecule has 0 aliphatic heterocycles. The number of hydrogen-bond acceptors (Lipinski definition) is 5. The highest BCUT2D eigenvalue weighted by molar-refractivity contribution is 6.31. The lowest BCUT2D eigenvalue weighted by molar-refractivity contribution is -0.155. The summed E-state index contributed by atoms with van der Waals surface area (Å²) in [7, 11) is 3.81. The van der Waals surface area contributed by atoms with Crippen LogP contribution in [0.25, 0.3) is 11.0 Å². The second kappa shape index (κ2) is 8.31. The summed E-state index contributed by atoms with van der Waals surface area (Å²) in [6.07, 6.45) is 0. The highest BCUT2D eigenvalue weighted by Crippen LogP contribution is 2.28. The fourth-order valence-corrected chi connectivity index (χ4v) is 2.82. The van der Waals surface area contributed by atoms with E-state index < -0.39 is 11.6 Å². The van der Waals surface area contributed by atoms with Crippen molar-refractivity contribution in [2.24, 2.45) is 0 Å². The van der Waals surface area contributed by atoms with Crippen molar-refractivity contribution in [1.82, 2.24) is 9.80 Å². The molecule has 0 fully saturated rings. The van der Waals surface area contributed by atoms with E-state index in [0.717, 1.165) is 5.39 Å². The predicted octanol–water partition coefficient (Wildman–Crippen LogP) is 3.74. The third kappa shape index (κ3) is 5.71. The van der Waals surface area contributed by atoms with E-state index in [4.69, 9.17) is 20.8 Å². The molecule has 0 N–H and O–H groups in total. The van der Waals surface area contributed by atoms with E-state index in [1.165, 1.54) is 4.90 Å². The van der Waals surface area contributed by atoms with Crippen LogP contribution in [0.2, 0.25) is 5.02 Å². The minimum atomic E-state index is -0.612. The van der Waals surface area contributed by atoms with Gasteiger partial charge in [0.05, 0.1) is 0 Å². The zero-order chi connectivity index (χ0) is 20.4. The molecule has 0 bridgehead atoms. The van der Waals surface area contributed by atoms with Gasteiger partial charge in [-0.1, -0.05) is 11.6 Å². The highest BCUT2D eigenvalue weighted by atomic mass is 35.5. The summed E-state index contributed by atoms with van der Waals surface area (Å²) in [5.74, 6) is -0.575. The average molecular weight is 395 g/mol. The van der Waals surface area contributed by atoms with Crippen LogP contribution in [-0.2, 0) is 9.53 Å². The van der Waals surface area contributed by atoms with Crippen LogP contribution >= 0.6 is 11.6 Å². The van der Waals surface area contributed by atoms with Crippen LogP contribution in [-0.4, -0.2) is 61.0 Å². The maximum Gasteiger partial charge on any atom is 0.326 e. The number of rotatable bonds is 6. The maximum absolute atomic E-state index is 13.1. The first-order chi connectivity index (χ1) is 12.5. The summed E-state index contributed by atoms with van der Waals surface area (Å²) >= 11 is 6.05. The van der Waals surface area contributed by atoms with Gasteiger partial charge in [0, 0.05) is 29.1 Å². The smallest absolute Gasteiger partial charge is 0.326 e. The molecule has 2 rings (SSSR count). The molecular formula is C20H27ClN2O4. The monoisotopic (exact) mass is 394 g/mol. The quantitative estimate of drug-likeness (QED) is 0.698. The van der Waals surface area contributed by atoms with Crippen LogP contribution in [0.5, 0.6) is 0 Å². The lowest BCUT2D eigenvalue weighted by atomic mass is 10.1. The summed E-state index contributed by atoms with van der Waals surface area (Å²) in [5, 5.41) is 1.36. The molecule has 1 amide bonds. The van der Waals surface area contributed by atoms with Crippen molar-refractivity contribution in [2.45, 2.75) is 33.3 Å². The van der Waals surface area contributed by atoms with Crippen LogP contribution in [0.4, 0.5) is 0 Å². The Morgan fingerprint density at radius 1 is 1.19 bits per heavy atom. The number of benzene rings is 1. The Morgan fingerprint density at radius 2 is 1.85 bits per heavy atom. The van der Waals surface area contributed by atoms with Crippen LogP contribution < -0.4 is 0 Å². The maximum atomic E-state index is 13.1. The number of esters is 1. The topological polar surface area (TPSA) is 63.0 Å². The molecule has 27 heavy (non-hydrogen) atoms. The Morgan fingerprint density at radius 3 is 2.44 bits per heavy atom. The van der Waals surface area contributed by atoms with Crippen molar-refractivity contribution in [3.8, 4) is 0 Å². The van der Waals surface area contributed by atoms with Gasteiger partial charge in [0.25, 0.3) is 5.91 Å². The normalized spacial score (nSPS) is 11.9. The van der Waals surface area contributed by atoms with Gasteiger partial charge in [0.1, 0.15) is 17.7 Å². The van der Waals surface area contributed by atoms with Gasteiger partial charge in [-0.2, -0.15) is 0 Å². The second-order valence-corrected chi connectivity index (χ2v) is 8.25. The van der Waals surface area contributed by atoms with Crippen molar-refractivity contribution >= 4 is 34.4 Å². The van der Waals surface area contributed by atoms with Gasteiger partial charge in [-0.15, -0.1) is 0 Å². The van der Waals surface area contributed by atoms with E-state index in [1.807, 2.05) is 25.9 Å². The van der Waals surface area contributed by atoms with Crippen molar-refractivity contribution in [3.63, 3.8) is 0 Å². The zero-order valence-corrected chi connectivity index (χ0v) is 17.5. The number of amides is 1. The Balaban J connectivity index is 2.30. The van der Waals surface area contributed by atoms with Crippen LogP contribution in [0, 0.1) is 6.92 Å². The highest BCUT2D eigenvalue weighted by Gasteiger charge is 2.27. The molecule has 0 aliphatic rings. The molecule has 1 aromatic heterocycles. The molecule has 0 saturated heterocycles. The lowest BCUT2D eigenvalue weighted by Crippen LogP contribution is -2.42. The summed E-state index contributed by atoms with van der Waals surface area (Å²) in [5.41, 5.74) is 0.681. The van der Waals surface area contributed by atoms with Crippen LogP contribution in [0.1, 0.15) is 36.9 Å². The summed E-state index contributed by atoms with van der Waals surface area (Å²) in [6.45, 7) is 8.05. The van der Waals surface area contributed by atoms with Gasteiger partial charge in [-0.25, -0.2) is 0 Å². The Hall–Kier alpha value is -2.05. The molecule has 6 nitrogen and oxygen atoms in total. The number of aryl methyl sites for hydroxylation is 1. The first-order valence-corrected chi connectivity index (χ1v) is 9.20. The molecule has 1 aromatic carbocycles. The molecule has 0 atom stereocenters. The molecule has 0 unspecified atom stereocenters. The number of ether oxygens (including phenoxy) is 1. The summed E-state index contributed by atoms with van der Waals surface area (Å²) in [6, 6.07) is 5.22. The summed E-state index contributed by atoms with van der Waals surface area (Å²) in [4.78, 5) is 28.8. The molecular weight excluding hydrogens is 368 g/mol. The van der Waals surface area contributed by atoms with E-state index >= 15 is 0 Å². The molecule has 0 saturated carbocycles. The Bertz CT molecular complexity index is 836. The van der Waals surface area contributed by atoms with Crippen molar-refractivity contribution < 1.29 is 18.7 Å². The van der Waals surface area contributed by atoms with Gasteiger partial charge >= 0.3 is 5.97 Å². The molecule has 148 valence electrons. The fraction of sp³-hybridized carbons (Fsp3) is 0.500. The van der Waals surface area contributed by atoms with E-state index in [9.17, 15) is 9.59 Å². The van der Waals surface area contributed by atoms with Gasteiger partial charge in [0.2, 0.25) is 0 Å². The van der Waals surface area contributed by atoms with Gasteiger partial charge in [-0.3, -0.25) is 9.59 Å². The molecule has 1 heterocycles. The lowest BCUT2D eigenvalue weighted by Gasteiger charge is -2.25. The third-order valence-electron chi connectivity index (χ3n) is 3.94. The van der Waals surface area contributed by atoms with E-state index in [-0.39, 0.29) is 18.2 Å². The minimum absolute atomic E-state index is 0.138. The number of halogens is 1. The van der Waals surface area contributed by atoms with Crippen molar-refractivity contribution in [2.75, 3.05) is 33.7 Å². The minimum Gasteiger partial charge on any atom is -0.459 e. The van der Waals surface area contributed by atoms with Crippen molar-refractivity contribution in [1.29, 1.82) is 0 Å². The number of hydrogen-bond donors (Lipinski definition) is 0. The van der Waals surface area contributed by atoms with Crippen molar-refractivity contribution in [3.05, 3.63) is 34.5 Å². The first kappa shape index (κ1) is 21.3. The Labute approximate surface area is 165 Å². The number of likely N-dealkylation sites (N-methyl/N-ethyl adjacent to an activating group) is 1. The number of furan rings is 1. The summed E-state index contributed by atoms with van der Waals surface area (Å²) < 4.78 is 11.1. The molecule has 0 spiro atoms. The van der Waals surface area contributed by atoms with Gasteiger partial charge in [-0.05, 0) is 60.0 Å². The SMILES string of the molecule is Cc1c(C(=O)N(CCN(C)C)CC(=O)OC(C)(C)C)oc2ccc(Cl)cc12. The zero-order valence-electron chi connectivity index (χ0n) is 16.8. The molecule has 7 heteroatoms. The molecule has 0 radical (unpaired) electrons. The number of carbonyl (C=O) groups is 2. The number of fused-ring (bicyclic) bond motifs is 1. The van der Waals surface area contributed by atoms with E-state index in [0.29, 0.717) is 29.3 Å². The Kier molecular flexibility index (Phi) is 6.54. The fourth-order valence-electron chi connectivity index (χ4n) is 2.64. The van der Waals surface area contributed by atoms with E-state index in [2.05, 4.69) is 0 Å². The largest absolute Gasteiger partial charge is 0.459 e. The standard InChI is InChI=1S/C20H27ClN2O4/c1-13-15-11-14(21)7-8-16(15)26-18(13)19(25)23(10-9-22(5)6)12-17(24)27-20(2,3)4/h7-8,11H,9-10,12H2,1-6H3. The first-order valence-electron chi connectivity index (χ1n) is 8.82. The van der Waals surface area contributed by atoms with Crippen LogP contribution in [0.15, 0.2) is 22.6 Å². The molecule has 0 aliphatic carbocycles. The molecule has 2 aromatic rings. The van der Waals surface area contributed by atoms with Gasteiger partial charge < -0.3 is 19.0 Å². The van der Waals surface area contributed by atoms with Crippen LogP contribution in [0.3, 0.4) is 0 Å². The average Bonchev–Trinajstić information content (AvgIpc) is 2.85. The number of nitrogens with zero attached hydrogens (tertiary/aromatic N) is 2. The van der Waals surface area contributed by atoms with E-state index in [1.54, 1.807) is 39.0 Å². The second-order valence-electron chi connectivity index (χ2n) is 7.81. The number of carbonyl (C=O) groups excluding carboxylic acids is 2. The third-order valence-corrected chi connectivity index (χ3v) is 4.17. The van der Waals surface area contributed by atoms with Gasteiger partial charge in [0.15, 0.2) is 5.76 Å². The predicted molar refractivity (Wildman–Crippen MR) is 106 cm³/mol.